The lowest BCUT2D eigenvalue weighted by atomic mass is 9.94. The number of aromatic amines is 1. The van der Waals surface area contributed by atoms with Crippen molar-refractivity contribution < 1.29 is 0 Å². The molecule has 0 radical (unpaired) electrons. The van der Waals surface area contributed by atoms with Gasteiger partial charge in [0.15, 0.2) is 11.1 Å². The van der Waals surface area contributed by atoms with Gasteiger partial charge in [0.1, 0.15) is 0 Å². The molecule has 6 heteroatoms. The van der Waals surface area contributed by atoms with Gasteiger partial charge in [-0.25, -0.2) is 4.98 Å². The van der Waals surface area contributed by atoms with Gasteiger partial charge in [0.05, 0.1) is 6.20 Å². The van der Waals surface area contributed by atoms with Gasteiger partial charge in [-0.1, -0.05) is 19.3 Å². The number of anilines is 1. The third-order valence-electron chi connectivity index (χ3n) is 4.77. The number of aromatic nitrogens is 2. The van der Waals surface area contributed by atoms with E-state index in [0.29, 0.717) is 17.9 Å². The molecule has 0 unspecified atom stereocenters. The van der Waals surface area contributed by atoms with Crippen molar-refractivity contribution >= 4 is 23.3 Å². The average Bonchev–Trinajstić information content (AvgIpc) is 2.95. The molecule has 1 aliphatic carbocycles. The molecule has 0 bridgehead atoms. The van der Waals surface area contributed by atoms with Crippen molar-refractivity contribution in [2.24, 2.45) is 0 Å². The highest BCUT2D eigenvalue weighted by Crippen LogP contribution is 2.27. The van der Waals surface area contributed by atoms with Gasteiger partial charge in [0.25, 0.3) is 0 Å². The molecule has 1 aliphatic heterocycles. The first-order valence-corrected chi connectivity index (χ1v) is 8.49. The molecule has 0 aromatic carbocycles. The Balaban J connectivity index is 1.47. The maximum atomic E-state index is 5.66. The molecule has 21 heavy (non-hydrogen) atoms. The Labute approximate surface area is 131 Å². The van der Waals surface area contributed by atoms with Gasteiger partial charge in [0, 0.05) is 30.7 Å². The number of nitrogens with two attached hydrogens (primary N) is 1. The van der Waals surface area contributed by atoms with Crippen molar-refractivity contribution in [2.75, 3.05) is 18.8 Å². The van der Waals surface area contributed by atoms with E-state index in [9.17, 15) is 0 Å². The second-order valence-corrected chi connectivity index (χ2v) is 6.66. The molecule has 0 spiro atoms. The number of hydrogen-bond acceptors (Lipinski definition) is 3. The molecule has 3 rings (SSSR count). The Hall–Kier alpha value is -1.30. The van der Waals surface area contributed by atoms with Gasteiger partial charge < -0.3 is 20.9 Å². The minimum absolute atomic E-state index is 0.516. The molecule has 0 amide bonds. The third kappa shape index (κ3) is 3.67. The second kappa shape index (κ2) is 6.64. The zero-order valence-electron chi connectivity index (χ0n) is 12.5. The van der Waals surface area contributed by atoms with Crippen LogP contribution in [-0.4, -0.2) is 39.1 Å². The second-order valence-electron chi connectivity index (χ2n) is 6.27. The summed E-state index contributed by atoms with van der Waals surface area (Å²) < 4.78 is 0. The summed E-state index contributed by atoms with van der Waals surface area (Å²) in [5.41, 5.74) is 6.82. The highest BCUT2D eigenvalue weighted by molar-refractivity contribution is 7.80. The number of imidazole rings is 1. The maximum Gasteiger partial charge on any atom is 0.197 e. The summed E-state index contributed by atoms with van der Waals surface area (Å²) in [7, 11) is 0. The predicted octanol–water partition coefficient (Wildman–Crippen LogP) is 2.38. The van der Waals surface area contributed by atoms with Crippen LogP contribution in [0, 0.1) is 0 Å². The first kappa shape index (κ1) is 14.6. The van der Waals surface area contributed by atoms with Crippen molar-refractivity contribution in [3.63, 3.8) is 0 Å². The molecule has 1 saturated carbocycles. The lowest BCUT2D eigenvalue weighted by molar-refractivity contribution is 0.299. The Morgan fingerprint density at radius 1 is 1.24 bits per heavy atom. The van der Waals surface area contributed by atoms with Crippen LogP contribution in [0.25, 0.3) is 0 Å². The van der Waals surface area contributed by atoms with Crippen molar-refractivity contribution in [3.8, 4) is 0 Å². The van der Waals surface area contributed by atoms with Gasteiger partial charge >= 0.3 is 0 Å². The summed E-state index contributed by atoms with van der Waals surface area (Å²) in [4.78, 5) is 9.57. The van der Waals surface area contributed by atoms with Crippen LogP contribution in [0.2, 0.25) is 0 Å². The zero-order chi connectivity index (χ0) is 14.7. The smallest absolute Gasteiger partial charge is 0.197 e. The van der Waals surface area contributed by atoms with Crippen molar-refractivity contribution in [2.45, 2.75) is 56.9 Å². The lowest BCUT2D eigenvalue weighted by Gasteiger charge is -2.35. The summed E-state index contributed by atoms with van der Waals surface area (Å²) in [6, 6.07) is 0.594. The molecule has 2 heterocycles. The van der Waals surface area contributed by atoms with E-state index in [2.05, 4.69) is 20.2 Å². The largest absolute Gasteiger partial charge is 0.369 e. The summed E-state index contributed by atoms with van der Waals surface area (Å²) in [5, 5.41) is 4.51. The SMILES string of the molecule is Nc1ncc(C2CCN(C(=S)NC3CCCCC3)CC2)[nH]1. The minimum atomic E-state index is 0.516. The first-order chi connectivity index (χ1) is 10.2. The number of H-pyrrole nitrogens is 1. The Morgan fingerprint density at radius 3 is 2.57 bits per heavy atom. The van der Waals surface area contributed by atoms with E-state index in [0.717, 1.165) is 31.0 Å². The number of piperidine rings is 1. The monoisotopic (exact) mass is 307 g/mol. The van der Waals surface area contributed by atoms with E-state index in [1.165, 1.54) is 37.8 Å². The molecule has 1 aromatic heterocycles. The maximum absolute atomic E-state index is 5.66. The highest BCUT2D eigenvalue weighted by atomic mass is 32.1. The molecule has 1 saturated heterocycles. The fourth-order valence-corrected chi connectivity index (χ4v) is 3.81. The van der Waals surface area contributed by atoms with Gasteiger partial charge in [-0.3, -0.25) is 0 Å². The fourth-order valence-electron chi connectivity index (χ4n) is 3.47. The number of thiocarbonyl (C=S) groups is 1. The van der Waals surface area contributed by atoms with Crippen LogP contribution < -0.4 is 11.1 Å². The van der Waals surface area contributed by atoms with E-state index >= 15 is 0 Å². The quantitative estimate of drug-likeness (QED) is 0.732. The molecule has 0 atom stereocenters. The normalized spacial score (nSPS) is 21.4. The molecule has 1 aromatic rings. The Morgan fingerprint density at radius 2 is 1.95 bits per heavy atom. The lowest BCUT2D eigenvalue weighted by Crippen LogP contribution is -2.47. The highest BCUT2D eigenvalue weighted by Gasteiger charge is 2.24. The van der Waals surface area contributed by atoms with Crippen LogP contribution in [0.15, 0.2) is 6.20 Å². The van der Waals surface area contributed by atoms with Crippen molar-refractivity contribution in [1.82, 2.24) is 20.2 Å². The topological polar surface area (TPSA) is 70.0 Å². The van der Waals surface area contributed by atoms with E-state index in [1.54, 1.807) is 0 Å². The van der Waals surface area contributed by atoms with E-state index in [1.807, 2.05) is 6.20 Å². The average molecular weight is 307 g/mol. The van der Waals surface area contributed by atoms with Crippen molar-refractivity contribution in [3.05, 3.63) is 11.9 Å². The fraction of sp³-hybridized carbons (Fsp3) is 0.733. The van der Waals surface area contributed by atoms with Gasteiger partial charge in [-0.2, -0.15) is 0 Å². The number of rotatable bonds is 2. The number of nitrogens with zero attached hydrogens (tertiary/aromatic N) is 2. The summed E-state index contributed by atoms with van der Waals surface area (Å²) in [5.74, 6) is 1.05. The molecule has 116 valence electrons. The molecule has 5 nitrogen and oxygen atoms in total. The summed E-state index contributed by atoms with van der Waals surface area (Å²) in [6.45, 7) is 2.03. The zero-order valence-corrected chi connectivity index (χ0v) is 13.3. The van der Waals surface area contributed by atoms with Crippen LogP contribution in [0.3, 0.4) is 0 Å². The molecular weight excluding hydrogens is 282 g/mol. The van der Waals surface area contributed by atoms with Crippen LogP contribution in [0.5, 0.6) is 0 Å². The Kier molecular flexibility index (Phi) is 4.63. The predicted molar refractivity (Wildman–Crippen MR) is 89.2 cm³/mol. The number of nitrogen functional groups attached to an aromatic ring is 1. The van der Waals surface area contributed by atoms with Crippen LogP contribution >= 0.6 is 12.2 Å². The van der Waals surface area contributed by atoms with Crippen LogP contribution in [0.4, 0.5) is 5.95 Å². The van der Waals surface area contributed by atoms with Gasteiger partial charge in [-0.05, 0) is 37.9 Å². The minimum Gasteiger partial charge on any atom is -0.369 e. The number of hydrogen-bond donors (Lipinski definition) is 3. The molecule has 4 N–H and O–H groups in total. The molecular formula is C15H25N5S. The Bertz CT molecular complexity index is 472. The summed E-state index contributed by atoms with van der Waals surface area (Å²) in [6.07, 6.45) is 10.7. The standard InChI is InChI=1S/C15H25N5S/c16-14-17-10-13(19-14)11-6-8-20(9-7-11)15(21)18-12-4-2-1-3-5-12/h10-12H,1-9H2,(H,18,21)(H3,16,17,19). The van der Waals surface area contributed by atoms with Gasteiger partial charge in [-0.15, -0.1) is 0 Å². The van der Waals surface area contributed by atoms with E-state index < -0.39 is 0 Å². The van der Waals surface area contributed by atoms with Crippen molar-refractivity contribution in [1.29, 1.82) is 0 Å². The molecule has 2 fully saturated rings. The first-order valence-electron chi connectivity index (χ1n) is 8.08. The summed E-state index contributed by atoms with van der Waals surface area (Å²) >= 11 is 5.59. The van der Waals surface area contributed by atoms with Gasteiger partial charge in [0.2, 0.25) is 0 Å². The van der Waals surface area contributed by atoms with E-state index in [4.69, 9.17) is 18.0 Å². The number of nitrogens with one attached hydrogen (secondary N) is 2. The van der Waals surface area contributed by atoms with Crippen LogP contribution in [0.1, 0.15) is 56.6 Å². The number of likely N-dealkylation sites (tertiary alicyclic amines) is 1. The molecule has 2 aliphatic rings. The third-order valence-corrected chi connectivity index (χ3v) is 5.15. The van der Waals surface area contributed by atoms with E-state index in [-0.39, 0.29) is 0 Å². The van der Waals surface area contributed by atoms with Crippen LogP contribution in [-0.2, 0) is 0 Å².